The fourth-order valence-corrected chi connectivity index (χ4v) is 2.43. The molecule has 0 radical (unpaired) electrons. The molecular weight excluding hydrogens is 196 g/mol. The van der Waals surface area contributed by atoms with Crippen LogP contribution in [0, 0.1) is 0 Å². The Morgan fingerprint density at radius 3 is 2.56 bits per heavy atom. The first-order chi connectivity index (χ1) is 7.88. The predicted molar refractivity (Wildman–Crippen MR) is 68.3 cm³/mol. The monoisotopic (exact) mass is 218 g/mol. The minimum Gasteiger partial charge on any atom is -0.330 e. The summed E-state index contributed by atoms with van der Waals surface area (Å²) in [5.41, 5.74) is 8.39. The molecule has 1 fully saturated rings. The molecule has 0 atom stereocenters. The van der Waals surface area contributed by atoms with Crippen molar-refractivity contribution in [3.8, 4) is 0 Å². The van der Waals surface area contributed by atoms with Crippen molar-refractivity contribution >= 4 is 0 Å². The van der Waals surface area contributed by atoms with Crippen molar-refractivity contribution in [2.24, 2.45) is 5.73 Å². The number of hydrogen-bond donors (Lipinski definition) is 1. The number of piperidine rings is 1. The van der Waals surface area contributed by atoms with E-state index in [4.69, 9.17) is 5.73 Å². The standard InChI is InChI=1S/C14H22N2/c15-8-7-13-5-4-6-14(11-13)12-16-9-2-1-3-10-16/h4-6,11H,1-3,7-10,12,15H2. The van der Waals surface area contributed by atoms with Gasteiger partial charge in [-0.1, -0.05) is 30.7 Å². The van der Waals surface area contributed by atoms with Crippen LogP contribution in [0.4, 0.5) is 0 Å². The summed E-state index contributed by atoms with van der Waals surface area (Å²) in [6.07, 6.45) is 5.13. The second kappa shape index (κ2) is 6.02. The molecule has 88 valence electrons. The second-order valence-electron chi connectivity index (χ2n) is 4.70. The maximum atomic E-state index is 5.58. The van der Waals surface area contributed by atoms with E-state index in [0.29, 0.717) is 0 Å². The normalized spacial score (nSPS) is 17.6. The van der Waals surface area contributed by atoms with Gasteiger partial charge in [0.15, 0.2) is 0 Å². The van der Waals surface area contributed by atoms with E-state index in [2.05, 4.69) is 29.2 Å². The van der Waals surface area contributed by atoms with Crippen molar-refractivity contribution in [1.82, 2.24) is 4.90 Å². The van der Waals surface area contributed by atoms with Gasteiger partial charge in [0.05, 0.1) is 0 Å². The number of nitrogens with zero attached hydrogens (tertiary/aromatic N) is 1. The molecule has 1 aliphatic heterocycles. The Morgan fingerprint density at radius 1 is 1.06 bits per heavy atom. The van der Waals surface area contributed by atoms with Gasteiger partial charge in [-0.15, -0.1) is 0 Å². The molecule has 0 amide bonds. The molecule has 0 spiro atoms. The second-order valence-corrected chi connectivity index (χ2v) is 4.70. The first kappa shape index (κ1) is 11.6. The topological polar surface area (TPSA) is 29.3 Å². The van der Waals surface area contributed by atoms with Crippen molar-refractivity contribution in [3.63, 3.8) is 0 Å². The van der Waals surface area contributed by atoms with Crippen molar-refractivity contribution in [3.05, 3.63) is 35.4 Å². The van der Waals surface area contributed by atoms with Crippen LogP contribution in [0.1, 0.15) is 30.4 Å². The molecule has 2 rings (SSSR count). The maximum absolute atomic E-state index is 5.58. The van der Waals surface area contributed by atoms with Crippen molar-refractivity contribution in [2.75, 3.05) is 19.6 Å². The van der Waals surface area contributed by atoms with Gasteiger partial charge in [-0.3, -0.25) is 4.90 Å². The molecule has 16 heavy (non-hydrogen) atoms. The smallest absolute Gasteiger partial charge is 0.0233 e. The van der Waals surface area contributed by atoms with Crippen LogP contribution in [-0.4, -0.2) is 24.5 Å². The Labute approximate surface area is 98.4 Å². The first-order valence-electron chi connectivity index (χ1n) is 6.39. The summed E-state index contributed by atoms with van der Waals surface area (Å²) in [5.74, 6) is 0. The Hall–Kier alpha value is -0.860. The van der Waals surface area contributed by atoms with E-state index in [1.54, 1.807) is 0 Å². The van der Waals surface area contributed by atoms with Gasteiger partial charge in [-0.05, 0) is 50.0 Å². The van der Waals surface area contributed by atoms with E-state index in [-0.39, 0.29) is 0 Å². The van der Waals surface area contributed by atoms with Crippen LogP contribution in [0.5, 0.6) is 0 Å². The van der Waals surface area contributed by atoms with E-state index in [1.807, 2.05) is 0 Å². The van der Waals surface area contributed by atoms with Gasteiger partial charge < -0.3 is 5.73 Å². The first-order valence-corrected chi connectivity index (χ1v) is 6.39. The summed E-state index contributed by atoms with van der Waals surface area (Å²) in [6.45, 7) is 4.38. The number of likely N-dealkylation sites (tertiary alicyclic amines) is 1. The van der Waals surface area contributed by atoms with Gasteiger partial charge in [0.2, 0.25) is 0 Å². The van der Waals surface area contributed by atoms with Crippen LogP contribution >= 0.6 is 0 Å². The molecule has 0 aromatic heterocycles. The van der Waals surface area contributed by atoms with Gasteiger partial charge >= 0.3 is 0 Å². The molecule has 0 unspecified atom stereocenters. The fraction of sp³-hybridized carbons (Fsp3) is 0.571. The lowest BCUT2D eigenvalue weighted by molar-refractivity contribution is 0.221. The highest BCUT2D eigenvalue weighted by molar-refractivity contribution is 5.23. The molecule has 1 aliphatic rings. The molecule has 0 aliphatic carbocycles. The lowest BCUT2D eigenvalue weighted by Crippen LogP contribution is -2.29. The fourth-order valence-electron chi connectivity index (χ4n) is 2.43. The molecule has 2 heteroatoms. The molecule has 2 nitrogen and oxygen atoms in total. The van der Waals surface area contributed by atoms with Crippen LogP contribution in [0.25, 0.3) is 0 Å². The SMILES string of the molecule is NCCc1cccc(CN2CCCCC2)c1. The van der Waals surface area contributed by atoms with E-state index < -0.39 is 0 Å². The number of rotatable bonds is 4. The molecule has 0 bridgehead atoms. The Morgan fingerprint density at radius 2 is 1.81 bits per heavy atom. The highest BCUT2D eigenvalue weighted by Crippen LogP contribution is 2.14. The quantitative estimate of drug-likeness (QED) is 0.839. The van der Waals surface area contributed by atoms with Crippen LogP contribution in [0.2, 0.25) is 0 Å². The molecule has 1 heterocycles. The summed E-state index contributed by atoms with van der Waals surface area (Å²) in [5, 5.41) is 0. The highest BCUT2D eigenvalue weighted by atomic mass is 15.1. The molecule has 1 aromatic carbocycles. The van der Waals surface area contributed by atoms with Crippen molar-refractivity contribution < 1.29 is 0 Å². The number of benzene rings is 1. The van der Waals surface area contributed by atoms with Crippen LogP contribution in [0.15, 0.2) is 24.3 Å². The summed E-state index contributed by atoms with van der Waals surface area (Å²) < 4.78 is 0. The number of hydrogen-bond acceptors (Lipinski definition) is 2. The number of nitrogens with two attached hydrogens (primary N) is 1. The third-order valence-electron chi connectivity index (χ3n) is 3.28. The summed E-state index contributed by atoms with van der Waals surface area (Å²) in [4.78, 5) is 2.56. The molecular formula is C14H22N2. The van der Waals surface area contributed by atoms with Gasteiger partial charge in [0.25, 0.3) is 0 Å². The van der Waals surface area contributed by atoms with Gasteiger partial charge in [-0.2, -0.15) is 0 Å². The Kier molecular flexibility index (Phi) is 4.37. The summed E-state index contributed by atoms with van der Waals surface area (Å²) >= 11 is 0. The zero-order chi connectivity index (χ0) is 11.2. The molecule has 1 aromatic rings. The average Bonchev–Trinajstić information content (AvgIpc) is 2.31. The van der Waals surface area contributed by atoms with E-state index in [1.165, 1.54) is 43.5 Å². The lowest BCUT2D eigenvalue weighted by Gasteiger charge is -2.26. The largest absolute Gasteiger partial charge is 0.330 e. The average molecular weight is 218 g/mol. The van der Waals surface area contributed by atoms with E-state index in [0.717, 1.165) is 19.5 Å². The molecule has 2 N–H and O–H groups in total. The zero-order valence-corrected chi connectivity index (χ0v) is 9.99. The van der Waals surface area contributed by atoms with Crippen LogP contribution < -0.4 is 5.73 Å². The van der Waals surface area contributed by atoms with Gasteiger partial charge in [-0.25, -0.2) is 0 Å². The Bertz CT molecular complexity index is 316. The molecule has 1 saturated heterocycles. The third kappa shape index (κ3) is 3.32. The van der Waals surface area contributed by atoms with Crippen LogP contribution in [0.3, 0.4) is 0 Å². The summed E-state index contributed by atoms with van der Waals surface area (Å²) in [6, 6.07) is 8.87. The maximum Gasteiger partial charge on any atom is 0.0233 e. The van der Waals surface area contributed by atoms with Crippen LogP contribution in [-0.2, 0) is 13.0 Å². The highest BCUT2D eigenvalue weighted by Gasteiger charge is 2.10. The minimum atomic E-state index is 0.743. The van der Waals surface area contributed by atoms with Gasteiger partial charge in [0.1, 0.15) is 0 Å². The third-order valence-corrected chi connectivity index (χ3v) is 3.28. The minimum absolute atomic E-state index is 0.743. The van der Waals surface area contributed by atoms with Crippen molar-refractivity contribution in [1.29, 1.82) is 0 Å². The lowest BCUT2D eigenvalue weighted by atomic mass is 10.1. The Balaban J connectivity index is 1.94. The van der Waals surface area contributed by atoms with Crippen molar-refractivity contribution in [2.45, 2.75) is 32.2 Å². The predicted octanol–water partition coefficient (Wildman–Crippen LogP) is 2.17. The summed E-state index contributed by atoms with van der Waals surface area (Å²) in [7, 11) is 0. The van der Waals surface area contributed by atoms with Gasteiger partial charge in [0, 0.05) is 6.54 Å². The zero-order valence-electron chi connectivity index (χ0n) is 9.99. The van der Waals surface area contributed by atoms with E-state index in [9.17, 15) is 0 Å². The molecule has 0 saturated carbocycles. The van der Waals surface area contributed by atoms with E-state index >= 15 is 0 Å².